The van der Waals surface area contributed by atoms with E-state index < -0.39 is 6.10 Å². The summed E-state index contributed by atoms with van der Waals surface area (Å²) >= 11 is 3.12. The SMILES string of the molecule is O=C(NCc1ccsc1)NC[C@H](O)c1ccsc1. The summed E-state index contributed by atoms with van der Waals surface area (Å²) in [7, 11) is 0. The maximum atomic E-state index is 11.5. The number of amides is 2. The van der Waals surface area contributed by atoms with Crippen LogP contribution in [0.4, 0.5) is 4.79 Å². The number of hydrogen-bond donors (Lipinski definition) is 3. The molecule has 0 radical (unpaired) electrons. The van der Waals surface area contributed by atoms with Crippen LogP contribution in [0.25, 0.3) is 0 Å². The molecule has 18 heavy (non-hydrogen) atoms. The zero-order valence-electron chi connectivity index (χ0n) is 9.63. The molecule has 4 nitrogen and oxygen atoms in total. The van der Waals surface area contributed by atoms with Crippen LogP contribution in [0.15, 0.2) is 33.7 Å². The molecule has 0 aliphatic heterocycles. The first kappa shape index (κ1) is 13.1. The van der Waals surface area contributed by atoms with E-state index in [2.05, 4.69) is 10.6 Å². The first-order valence-electron chi connectivity index (χ1n) is 5.48. The van der Waals surface area contributed by atoms with Crippen LogP contribution < -0.4 is 10.6 Å². The number of carbonyl (C=O) groups excluding carboxylic acids is 1. The van der Waals surface area contributed by atoms with Gasteiger partial charge in [-0.15, -0.1) is 0 Å². The van der Waals surface area contributed by atoms with Crippen molar-refractivity contribution in [3.8, 4) is 0 Å². The Labute approximate surface area is 113 Å². The Hall–Kier alpha value is -1.37. The van der Waals surface area contributed by atoms with Gasteiger partial charge in [0, 0.05) is 13.1 Å². The van der Waals surface area contributed by atoms with Gasteiger partial charge in [0.15, 0.2) is 0 Å². The Kier molecular flexibility index (Phi) is 4.74. The van der Waals surface area contributed by atoms with Gasteiger partial charge in [-0.3, -0.25) is 0 Å². The van der Waals surface area contributed by atoms with Crippen LogP contribution in [0.1, 0.15) is 17.2 Å². The maximum Gasteiger partial charge on any atom is 0.315 e. The minimum absolute atomic E-state index is 0.214. The Morgan fingerprint density at radius 1 is 1.22 bits per heavy atom. The fourth-order valence-electron chi connectivity index (χ4n) is 1.41. The predicted molar refractivity (Wildman–Crippen MR) is 73.8 cm³/mol. The van der Waals surface area contributed by atoms with Gasteiger partial charge in [0.05, 0.1) is 6.10 Å². The highest BCUT2D eigenvalue weighted by Gasteiger charge is 2.09. The molecule has 0 aromatic carbocycles. The summed E-state index contributed by atoms with van der Waals surface area (Å²) in [4.78, 5) is 11.5. The van der Waals surface area contributed by atoms with Gasteiger partial charge in [-0.2, -0.15) is 22.7 Å². The molecule has 0 aliphatic rings. The molecule has 2 heterocycles. The lowest BCUT2D eigenvalue weighted by atomic mass is 10.2. The molecule has 0 spiro atoms. The Balaban J connectivity index is 1.68. The molecule has 2 amide bonds. The predicted octanol–water partition coefficient (Wildman–Crippen LogP) is 2.34. The zero-order valence-corrected chi connectivity index (χ0v) is 11.3. The van der Waals surface area contributed by atoms with Crippen LogP contribution in [-0.2, 0) is 6.54 Å². The smallest absolute Gasteiger partial charge is 0.315 e. The third-order valence-corrected chi connectivity index (χ3v) is 3.85. The highest BCUT2D eigenvalue weighted by Crippen LogP contribution is 2.14. The summed E-state index contributed by atoms with van der Waals surface area (Å²) in [6, 6.07) is 3.54. The summed E-state index contributed by atoms with van der Waals surface area (Å²) in [6.07, 6.45) is -0.650. The van der Waals surface area contributed by atoms with Gasteiger partial charge in [-0.25, -0.2) is 4.79 Å². The molecule has 3 N–H and O–H groups in total. The molecule has 2 aromatic heterocycles. The van der Waals surface area contributed by atoms with Crippen molar-refractivity contribution < 1.29 is 9.90 Å². The van der Waals surface area contributed by atoms with Crippen LogP contribution in [-0.4, -0.2) is 17.7 Å². The number of hydrogen-bond acceptors (Lipinski definition) is 4. The molecule has 0 unspecified atom stereocenters. The molecule has 0 saturated carbocycles. The maximum absolute atomic E-state index is 11.5. The molecule has 1 atom stereocenters. The zero-order chi connectivity index (χ0) is 12.8. The van der Waals surface area contributed by atoms with Crippen LogP contribution >= 0.6 is 22.7 Å². The van der Waals surface area contributed by atoms with E-state index in [9.17, 15) is 9.90 Å². The van der Waals surface area contributed by atoms with Crippen molar-refractivity contribution in [1.29, 1.82) is 0 Å². The molecule has 2 rings (SSSR count). The van der Waals surface area contributed by atoms with Crippen molar-refractivity contribution in [3.05, 3.63) is 44.8 Å². The summed E-state index contributed by atoms with van der Waals surface area (Å²) in [5.74, 6) is 0. The lowest BCUT2D eigenvalue weighted by Gasteiger charge is -2.11. The van der Waals surface area contributed by atoms with Crippen molar-refractivity contribution in [2.45, 2.75) is 12.6 Å². The standard InChI is InChI=1S/C12H14N2O2S2/c15-11(10-2-4-18-8-10)6-14-12(16)13-5-9-1-3-17-7-9/h1-4,7-8,11,15H,5-6H2,(H2,13,14,16)/t11-/m0/s1. The summed E-state index contributed by atoms with van der Waals surface area (Å²) in [5, 5.41) is 22.9. The molecule has 6 heteroatoms. The number of thiophene rings is 2. The number of rotatable bonds is 5. The summed E-state index contributed by atoms with van der Waals surface area (Å²) < 4.78 is 0. The second-order valence-corrected chi connectivity index (χ2v) is 5.33. The van der Waals surface area contributed by atoms with E-state index in [1.54, 1.807) is 11.3 Å². The molecule has 96 valence electrons. The second kappa shape index (κ2) is 6.53. The minimum Gasteiger partial charge on any atom is -0.387 e. The molecule has 0 aliphatic carbocycles. The Morgan fingerprint density at radius 3 is 2.67 bits per heavy atom. The number of nitrogens with one attached hydrogen (secondary N) is 2. The Morgan fingerprint density at radius 2 is 2.00 bits per heavy atom. The van der Waals surface area contributed by atoms with Gasteiger partial charge >= 0.3 is 6.03 Å². The summed E-state index contributed by atoms with van der Waals surface area (Å²) in [5.41, 5.74) is 1.91. The monoisotopic (exact) mass is 282 g/mol. The fourth-order valence-corrected chi connectivity index (χ4v) is 2.79. The largest absolute Gasteiger partial charge is 0.387 e. The van der Waals surface area contributed by atoms with E-state index in [-0.39, 0.29) is 12.6 Å². The lowest BCUT2D eigenvalue weighted by Crippen LogP contribution is -2.37. The highest BCUT2D eigenvalue weighted by atomic mass is 32.1. The highest BCUT2D eigenvalue weighted by molar-refractivity contribution is 7.08. The third-order valence-electron chi connectivity index (χ3n) is 2.42. The molecule has 2 aromatic rings. The van der Waals surface area contributed by atoms with Gasteiger partial charge < -0.3 is 15.7 Å². The van der Waals surface area contributed by atoms with Gasteiger partial charge in [0.1, 0.15) is 0 Å². The van der Waals surface area contributed by atoms with E-state index >= 15 is 0 Å². The van der Waals surface area contributed by atoms with E-state index in [0.717, 1.165) is 11.1 Å². The van der Waals surface area contributed by atoms with Crippen LogP contribution in [0.2, 0.25) is 0 Å². The van der Waals surface area contributed by atoms with E-state index in [4.69, 9.17) is 0 Å². The fraction of sp³-hybridized carbons (Fsp3) is 0.250. The number of urea groups is 1. The quantitative estimate of drug-likeness (QED) is 0.788. The van der Waals surface area contributed by atoms with Crippen molar-refractivity contribution in [2.75, 3.05) is 6.54 Å². The summed E-state index contributed by atoms with van der Waals surface area (Å²) in [6.45, 7) is 0.718. The Bertz CT molecular complexity index is 468. The number of aliphatic hydroxyl groups is 1. The van der Waals surface area contributed by atoms with Crippen LogP contribution in [0, 0.1) is 0 Å². The topological polar surface area (TPSA) is 61.4 Å². The normalized spacial score (nSPS) is 12.1. The van der Waals surface area contributed by atoms with Crippen molar-refractivity contribution >= 4 is 28.7 Å². The average molecular weight is 282 g/mol. The van der Waals surface area contributed by atoms with E-state index in [0.29, 0.717) is 6.54 Å². The van der Waals surface area contributed by atoms with Gasteiger partial charge in [-0.05, 0) is 44.8 Å². The van der Waals surface area contributed by atoms with Crippen molar-refractivity contribution in [3.63, 3.8) is 0 Å². The average Bonchev–Trinajstić information content (AvgIpc) is 3.05. The van der Waals surface area contributed by atoms with Gasteiger partial charge in [-0.1, -0.05) is 0 Å². The second-order valence-electron chi connectivity index (χ2n) is 3.77. The van der Waals surface area contributed by atoms with Crippen LogP contribution in [0.5, 0.6) is 0 Å². The first-order valence-corrected chi connectivity index (χ1v) is 7.37. The van der Waals surface area contributed by atoms with Gasteiger partial charge in [0.25, 0.3) is 0 Å². The van der Waals surface area contributed by atoms with E-state index in [1.807, 2.05) is 33.7 Å². The third kappa shape index (κ3) is 3.83. The van der Waals surface area contributed by atoms with Gasteiger partial charge in [0.2, 0.25) is 0 Å². The number of carbonyl (C=O) groups is 1. The van der Waals surface area contributed by atoms with Crippen molar-refractivity contribution in [2.24, 2.45) is 0 Å². The van der Waals surface area contributed by atoms with E-state index in [1.165, 1.54) is 11.3 Å². The minimum atomic E-state index is -0.650. The molecule has 0 saturated heterocycles. The molecular formula is C12H14N2O2S2. The lowest BCUT2D eigenvalue weighted by molar-refractivity contribution is 0.173. The van der Waals surface area contributed by atoms with Crippen molar-refractivity contribution in [1.82, 2.24) is 10.6 Å². The number of aliphatic hydroxyl groups excluding tert-OH is 1. The molecule has 0 fully saturated rings. The first-order chi connectivity index (χ1) is 8.75. The molecule has 0 bridgehead atoms. The van der Waals surface area contributed by atoms with Crippen LogP contribution in [0.3, 0.4) is 0 Å². The molecular weight excluding hydrogens is 268 g/mol.